The van der Waals surface area contributed by atoms with Crippen LogP contribution in [0.3, 0.4) is 0 Å². The van der Waals surface area contributed by atoms with Crippen LogP contribution in [0.5, 0.6) is 0 Å². The molecule has 1 saturated carbocycles. The van der Waals surface area contributed by atoms with Gasteiger partial charge in [-0.3, -0.25) is 10.1 Å². The second-order valence-corrected chi connectivity index (χ2v) is 4.68. The van der Waals surface area contributed by atoms with Gasteiger partial charge in [0.25, 0.3) is 0 Å². The highest BCUT2D eigenvalue weighted by molar-refractivity contribution is 4.80. The molecule has 0 radical (unpaired) electrons. The van der Waals surface area contributed by atoms with Gasteiger partial charge in [-0.25, -0.2) is 0 Å². The van der Waals surface area contributed by atoms with Crippen LogP contribution in [0.4, 0.5) is 0 Å². The third-order valence-electron chi connectivity index (χ3n) is 3.26. The van der Waals surface area contributed by atoms with Gasteiger partial charge in [0.15, 0.2) is 0 Å². The van der Waals surface area contributed by atoms with Crippen molar-refractivity contribution in [1.82, 2.24) is 0 Å². The van der Waals surface area contributed by atoms with E-state index in [2.05, 4.69) is 20.8 Å². The van der Waals surface area contributed by atoms with E-state index in [-0.39, 0.29) is 11.0 Å². The van der Waals surface area contributed by atoms with Gasteiger partial charge in [-0.1, -0.05) is 20.8 Å². The van der Waals surface area contributed by atoms with Crippen LogP contribution in [0.2, 0.25) is 0 Å². The molecular formula is C10H19NO2. The molecule has 0 aromatic carbocycles. The Morgan fingerprint density at radius 3 is 2.46 bits per heavy atom. The van der Waals surface area contributed by atoms with Crippen molar-refractivity contribution in [3.05, 3.63) is 10.1 Å². The third-order valence-corrected chi connectivity index (χ3v) is 3.26. The monoisotopic (exact) mass is 185 g/mol. The number of hydrogen-bond donors (Lipinski definition) is 0. The van der Waals surface area contributed by atoms with E-state index in [1.54, 1.807) is 0 Å². The van der Waals surface area contributed by atoms with E-state index >= 15 is 0 Å². The zero-order chi connectivity index (χ0) is 10.0. The molecule has 1 fully saturated rings. The molecule has 1 aliphatic carbocycles. The summed E-state index contributed by atoms with van der Waals surface area (Å²) >= 11 is 0. The molecule has 0 N–H and O–H groups in total. The first-order valence-corrected chi connectivity index (χ1v) is 5.16. The minimum absolute atomic E-state index is 0.0691. The number of hydrogen-bond acceptors (Lipinski definition) is 2. The smallest absolute Gasteiger partial charge is 0.216 e. The van der Waals surface area contributed by atoms with Crippen molar-refractivity contribution in [1.29, 1.82) is 0 Å². The molecule has 1 aliphatic rings. The zero-order valence-corrected chi connectivity index (χ0v) is 8.69. The van der Waals surface area contributed by atoms with E-state index in [9.17, 15) is 10.1 Å². The van der Waals surface area contributed by atoms with E-state index in [0.29, 0.717) is 17.8 Å². The minimum atomic E-state index is -0.288. The molecule has 0 aliphatic heterocycles. The summed E-state index contributed by atoms with van der Waals surface area (Å²) < 4.78 is 0. The van der Waals surface area contributed by atoms with Crippen molar-refractivity contribution in [3.8, 4) is 0 Å². The lowest BCUT2D eigenvalue weighted by molar-refractivity contribution is -0.539. The van der Waals surface area contributed by atoms with Crippen LogP contribution in [-0.2, 0) is 0 Å². The van der Waals surface area contributed by atoms with Crippen molar-refractivity contribution in [2.24, 2.45) is 17.8 Å². The lowest BCUT2D eigenvalue weighted by atomic mass is 9.74. The second kappa shape index (κ2) is 4.07. The SMILES string of the molecule is CC(C)[C@@H]1CC[C@@H](C)C[C@@H]1[N+](=O)[O-]. The van der Waals surface area contributed by atoms with Crippen molar-refractivity contribution in [3.63, 3.8) is 0 Å². The average Bonchev–Trinajstić information content (AvgIpc) is 2.03. The van der Waals surface area contributed by atoms with Gasteiger partial charge in [0.2, 0.25) is 6.04 Å². The molecule has 0 spiro atoms. The molecule has 0 unspecified atom stereocenters. The van der Waals surface area contributed by atoms with E-state index in [1.807, 2.05) is 0 Å². The van der Waals surface area contributed by atoms with E-state index in [0.717, 1.165) is 19.3 Å². The van der Waals surface area contributed by atoms with Gasteiger partial charge in [0.05, 0.1) is 0 Å². The Labute approximate surface area is 79.7 Å². The molecule has 1 rings (SSSR count). The normalized spacial score (nSPS) is 34.9. The highest BCUT2D eigenvalue weighted by Crippen LogP contribution is 2.34. The van der Waals surface area contributed by atoms with Crippen molar-refractivity contribution in [2.75, 3.05) is 0 Å². The summed E-state index contributed by atoms with van der Waals surface area (Å²) in [6.45, 7) is 6.31. The zero-order valence-electron chi connectivity index (χ0n) is 8.69. The average molecular weight is 185 g/mol. The lowest BCUT2D eigenvalue weighted by Gasteiger charge is -2.31. The summed E-state index contributed by atoms with van der Waals surface area (Å²) in [6.07, 6.45) is 2.97. The molecule has 0 aromatic rings. The summed E-state index contributed by atoms with van der Waals surface area (Å²) in [4.78, 5) is 10.8. The maximum absolute atomic E-state index is 10.8. The molecule has 3 heteroatoms. The van der Waals surface area contributed by atoms with Gasteiger partial charge in [0.1, 0.15) is 0 Å². The van der Waals surface area contributed by atoms with E-state index in [4.69, 9.17) is 0 Å². The highest BCUT2D eigenvalue weighted by atomic mass is 16.6. The summed E-state index contributed by atoms with van der Waals surface area (Å²) in [5.74, 6) is 1.28. The molecule has 0 aromatic heterocycles. The van der Waals surface area contributed by atoms with Gasteiger partial charge in [-0.05, 0) is 24.7 Å². The first kappa shape index (κ1) is 10.5. The first-order chi connectivity index (χ1) is 6.02. The molecule has 3 atom stereocenters. The fraction of sp³-hybridized carbons (Fsp3) is 1.00. The maximum Gasteiger partial charge on any atom is 0.216 e. The summed E-state index contributed by atoms with van der Waals surface area (Å²) in [5.41, 5.74) is 0. The Morgan fingerprint density at radius 1 is 1.38 bits per heavy atom. The minimum Gasteiger partial charge on any atom is -0.264 e. The maximum atomic E-state index is 10.8. The molecule has 0 saturated heterocycles. The summed E-state index contributed by atoms with van der Waals surface area (Å²) in [7, 11) is 0. The topological polar surface area (TPSA) is 43.1 Å². The van der Waals surface area contributed by atoms with Crippen LogP contribution in [0.15, 0.2) is 0 Å². The Balaban J connectivity index is 2.66. The molecule has 0 heterocycles. The molecule has 13 heavy (non-hydrogen) atoms. The summed E-state index contributed by atoms with van der Waals surface area (Å²) in [6, 6.07) is -0.288. The standard InChI is InChI=1S/C10H19NO2/c1-7(2)9-5-4-8(3)6-10(9)11(12)13/h7-10H,4-6H2,1-3H3/t8-,9+,10+/m1/s1. The van der Waals surface area contributed by atoms with E-state index in [1.165, 1.54) is 0 Å². The number of rotatable bonds is 2. The van der Waals surface area contributed by atoms with Crippen LogP contribution in [0.1, 0.15) is 40.0 Å². The predicted molar refractivity (Wildman–Crippen MR) is 52.1 cm³/mol. The molecule has 0 bridgehead atoms. The molecule has 76 valence electrons. The van der Waals surface area contributed by atoms with Gasteiger partial charge >= 0.3 is 0 Å². The number of nitro groups is 1. The van der Waals surface area contributed by atoms with Crippen LogP contribution in [0.25, 0.3) is 0 Å². The largest absolute Gasteiger partial charge is 0.264 e. The highest BCUT2D eigenvalue weighted by Gasteiger charge is 2.38. The Morgan fingerprint density at radius 2 is 2.00 bits per heavy atom. The van der Waals surface area contributed by atoms with Crippen LogP contribution >= 0.6 is 0 Å². The van der Waals surface area contributed by atoms with Crippen molar-refractivity contribution < 1.29 is 4.92 Å². The van der Waals surface area contributed by atoms with E-state index < -0.39 is 0 Å². The van der Waals surface area contributed by atoms with Crippen molar-refractivity contribution >= 4 is 0 Å². The van der Waals surface area contributed by atoms with Crippen LogP contribution < -0.4 is 0 Å². The Bertz CT molecular complexity index is 191. The van der Waals surface area contributed by atoms with Crippen molar-refractivity contribution in [2.45, 2.75) is 46.1 Å². The lowest BCUT2D eigenvalue weighted by Crippen LogP contribution is -2.37. The van der Waals surface area contributed by atoms with Gasteiger partial charge < -0.3 is 0 Å². The number of nitrogens with zero attached hydrogens (tertiary/aromatic N) is 1. The molecule has 0 amide bonds. The fourth-order valence-electron chi connectivity index (χ4n) is 2.39. The third kappa shape index (κ3) is 2.42. The van der Waals surface area contributed by atoms with Crippen LogP contribution in [0, 0.1) is 27.9 Å². The van der Waals surface area contributed by atoms with Crippen LogP contribution in [-0.4, -0.2) is 11.0 Å². The predicted octanol–water partition coefficient (Wildman–Crippen LogP) is 2.72. The van der Waals surface area contributed by atoms with Gasteiger partial charge in [-0.15, -0.1) is 0 Å². The first-order valence-electron chi connectivity index (χ1n) is 5.16. The van der Waals surface area contributed by atoms with Gasteiger partial charge in [-0.2, -0.15) is 0 Å². The van der Waals surface area contributed by atoms with Gasteiger partial charge in [0, 0.05) is 17.3 Å². The Hall–Kier alpha value is -0.600. The second-order valence-electron chi connectivity index (χ2n) is 4.68. The summed E-state index contributed by atoms with van der Waals surface area (Å²) in [5, 5.41) is 10.8. The fourth-order valence-corrected chi connectivity index (χ4v) is 2.39. The Kier molecular flexibility index (Phi) is 3.28. The molecule has 3 nitrogen and oxygen atoms in total. The quantitative estimate of drug-likeness (QED) is 0.490. The molecular weight excluding hydrogens is 166 g/mol.